The minimum absolute atomic E-state index is 0.276. The molecule has 0 saturated carbocycles. The topological polar surface area (TPSA) is 69.5 Å². The molecular weight excluding hydrogens is 316 g/mol. The maximum Gasteiger partial charge on any atom is 0.410 e. The molecule has 1 aliphatic rings. The Morgan fingerprint density at radius 3 is 2.76 bits per heavy atom. The van der Waals surface area contributed by atoms with E-state index < -0.39 is 0 Å². The van der Waals surface area contributed by atoms with Gasteiger partial charge in [0.25, 0.3) is 0 Å². The average molecular weight is 336 g/mol. The molecule has 0 unspecified atom stereocenters. The van der Waals surface area contributed by atoms with Crippen LogP contribution in [-0.2, 0) is 11.3 Å². The van der Waals surface area contributed by atoms with E-state index in [1.807, 2.05) is 30.3 Å². The number of ether oxygens (including phenoxy) is 1. The molecule has 6 nitrogen and oxygen atoms in total. The standard InChI is InChI=1S/C19H20N4O2/c20-14-17-8-4-9-21-18(17)22-10-5-11-23(13-12-22)19(24)25-15-16-6-2-1-3-7-16/h1-4,6-9H,5,10-13,15H2. The third-order valence-electron chi connectivity index (χ3n) is 4.17. The largest absolute Gasteiger partial charge is 0.445 e. The lowest BCUT2D eigenvalue weighted by Crippen LogP contribution is -2.35. The number of hydrogen-bond acceptors (Lipinski definition) is 5. The molecule has 1 amide bonds. The van der Waals surface area contributed by atoms with Gasteiger partial charge in [0, 0.05) is 32.4 Å². The van der Waals surface area contributed by atoms with E-state index in [-0.39, 0.29) is 12.7 Å². The highest BCUT2D eigenvalue weighted by atomic mass is 16.6. The van der Waals surface area contributed by atoms with Crippen LogP contribution in [0.15, 0.2) is 48.7 Å². The molecule has 25 heavy (non-hydrogen) atoms. The molecule has 0 aliphatic carbocycles. The molecular formula is C19H20N4O2. The van der Waals surface area contributed by atoms with E-state index in [9.17, 15) is 10.1 Å². The summed E-state index contributed by atoms with van der Waals surface area (Å²) in [6.07, 6.45) is 2.20. The van der Waals surface area contributed by atoms with Crippen LogP contribution in [-0.4, -0.2) is 42.2 Å². The quantitative estimate of drug-likeness (QED) is 0.862. The van der Waals surface area contributed by atoms with Crippen LogP contribution in [0.4, 0.5) is 10.6 Å². The number of carbonyl (C=O) groups is 1. The first-order valence-electron chi connectivity index (χ1n) is 8.33. The van der Waals surface area contributed by atoms with Gasteiger partial charge in [0.1, 0.15) is 18.5 Å². The zero-order chi connectivity index (χ0) is 17.5. The van der Waals surface area contributed by atoms with Crippen molar-refractivity contribution in [1.29, 1.82) is 5.26 Å². The van der Waals surface area contributed by atoms with Gasteiger partial charge in [-0.1, -0.05) is 30.3 Å². The number of benzene rings is 1. The second-order valence-corrected chi connectivity index (χ2v) is 5.85. The molecule has 0 N–H and O–H groups in total. The molecule has 2 aromatic rings. The second kappa shape index (κ2) is 8.15. The van der Waals surface area contributed by atoms with Crippen molar-refractivity contribution in [2.75, 3.05) is 31.1 Å². The third kappa shape index (κ3) is 4.27. The van der Waals surface area contributed by atoms with Crippen LogP contribution in [0.5, 0.6) is 0 Å². The van der Waals surface area contributed by atoms with Gasteiger partial charge < -0.3 is 14.5 Å². The highest BCUT2D eigenvalue weighted by molar-refractivity contribution is 5.68. The van der Waals surface area contributed by atoms with Gasteiger partial charge in [0.15, 0.2) is 0 Å². The number of nitriles is 1. The maximum atomic E-state index is 12.3. The fourth-order valence-electron chi connectivity index (χ4n) is 2.86. The fraction of sp³-hybridized carbons (Fsp3) is 0.316. The summed E-state index contributed by atoms with van der Waals surface area (Å²) in [6, 6.07) is 15.3. The number of hydrogen-bond donors (Lipinski definition) is 0. The van der Waals surface area contributed by atoms with Crippen LogP contribution in [0.3, 0.4) is 0 Å². The number of carbonyl (C=O) groups excluding carboxylic acids is 1. The molecule has 1 aromatic heterocycles. The van der Waals surface area contributed by atoms with Crippen LogP contribution in [0.1, 0.15) is 17.5 Å². The van der Waals surface area contributed by atoms with Crippen molar-refractivity contribution in [1.82, 2.24) is 9.88 Å². The minimum atomic E-state index is -0.299. The van der Waals surface area contributed by atoms with Crippen LogP contribution < -0.4 is 4.90 Å². The van der Waals surface area contributed by atoms with Gasteiger partial charge >= 0.3 is 6.09 Å². The molecule has 1 fully saturated rings. The van der Waals surface area contributed by atoms with Crippen LogP contribution in [0, 0.1) is 11.3 Å². The highest BCUT2D eigenvalue weighted by Gasteiger charge is 2.22. The van der Waals surface area contributed by atoms with E-state index in [4.69, 9.17) is 4.74 Å². The first-order chi connectivity index (χ1) is 12.3. The Hall–Kier alpha value is -3.07. The summed E-state index contributed by atoms with van der Waals surface area (Å²) in [4.78, 5) is 20.4. The molecule has 0 radical (unpaired) electrons. The van der Waals surface area contributed by atoms with Crippen molar-refractivity contribution >= 4 is 11.9 Å². The summed E-state index contributed by atoms with van der Waals surface area (Å²) in [5.74, 6) is 0.685. The summed E-state index contributed by atoms with van der Waals surface area (Å²) in [5.41, 5.74) is 1.53. The van der Waals surface area contributed by atoms with Gasteiger partial charge in [0.05, 0.1) is 5.56 Å². The normalized spacial score (nSPS) is 14.5. The Morgan fingerprint density at radius 2 is 1.96 bits per heavy atom. The van der Waals surface area contributed by atoms with Crippen LogP contribution >= 0.6 is 0 Å². The summed E-state index contributed by atoms with van der Waals surface area (Å²) in [7, 11) is 0. The molecule has 0 atom stereocenters. The summed E-state index contributed by atoms with van der Waals surface area (Å²) < 4.78 is 5.41. The minimum Gasteiger partial charge on any atom is -0.445 e. The van der Waals surface area contributed by atoms with E-state index >= 15 is 0 Å². The summed E-state index contributed by atoms with van der Waals surface area (Å²) >= 11 is 0. The lowest BCUT2D eigenvalue weighted by atomic mass is 10.2. The monoisotopic (exact) mass is 336 g/mol. The van der Waals surface area contributed by atoms with E-state index in [0.29, 0.717) is 31.0 Å². The van der Waals surface area contributed by atoms with Crippen LogP contribution in [0.2, 0.25) is 0 Å². The first-order valence-corrected chi connectivity index (χ1v) is 8.33. The van der Waals surface area contributed by atoms with Gasteiger partial charge in [-0.05, 0) is 24.1 Å². The van der Waals surface area contributed by atoms with Crippen molar-refractivity contribution in [3.63, 3.8) is 0 Å². The molecule has 2 heterocycles. The number of aromatic nitrogens is 1. The molecule has 3 rings (SSSR count). The number of amides is 1. The van der Waals surface area contributed by atoms with E-state index in [0.717, 1.165) is 18.5 Å². The van der Waals surface area contributed by atoms with Crippen molar-refractivity contribution in [3.8, 4) is 6.07 Å². The van der Waals surface area contributed by atoms with Crippen molar-refractivity contribution in [2.45, 2.75) is 13.0 Å². The molecule has 1 saturated heterocycles. The molecule has 128 valence electrons. The van der Waals surface area contributed by atoms with Crippen molar-refractivity contribution in [3.05, 3.63) is 59.8 Å². The second-order valence-electron chi connectivity index (χ2n) is 5.85. The van der Waals surface area contributed by atoms with Gasteiger partial charge in [-0.3, -0.25) is 0 Å². The smallest absolute Gasteiger partial charge is 0.410 e. The Kier molecular flexibility index (Phi) is 5.47. The summed E-state index contributed by atoms with van der Waals surface area (Å²) in [5, 5.41) is 9.24. The van der Waals surface area contributed by atoms with Crippen molar-refractivity contribution < 1.29 is 9.53 Å². The van der Waals surface area contributed by atoms with Gasteiger partial charge in [0.2, 0.25) is 0 Å². The highest BCUT2D eigenvalue weighted by Crippen LogP contribution is 2.18. The number of pyridine rings is 1. The molecule has 0 bridgehead atoms. The van der Waals surface area contributed by atoms with Crippen LogP contribution in [0.25, 0.3) is 0 Å². The molecule has 1 aromatic carbocycles. The van der Waals surface area contributed by atoms with E-state index in [2.05, 4.69) is 16.0 Å². The maximum absolute atomic E-state index is 12.3. The van der Waals surface area contributed by atoms with Crippen molar-refractivity contribution in [2.24, 2.45) is 0 Å². The SMILES string of the molecule is N#Cc1cccnc1N1CCCN(C(=O)OCc2ccccc2)CC1. The first kappa shape index (κ1) is 16.8. The zero-order valence-corrected chi connectivity index (χ0v) is 14.0. The lowest BCUT2D eigenvalue weighted by Gasteiger charge is -2.23. The lowest BCUT2D eigenvalue weighted by molar-refractivity contribution is 0.0986. The van der Waals surface area contributed by atoms with E-state index in [1.165, 1.54) is 0 Å². The Labute approximate surface area is 147 Å². The predicted molar refractivity (Wildman–Crippen MR) is 94.0 cm³/mol. The predicted octanol–water partition coefficient (Wildman–Crippen LogP) is 2.80. The number of nitrogens with zero attached hydrogens (tertiary/aromatic N) is 4. The molecule has 1 aliphatic heterocycles. The Bertz CT molecular complexity index is 758. The average Bonchev–Trinajstić information content (AvgIpc) is 2.93. The van der Waals surface area contributed by atoms with E-state index in [1.54, 1.807) is 23.2 Å². The molecule has 6 heteroatoms. The van der Waals surface area contributed by atoms with Gasteiger partial charge in [-0.15, -0.1) is 0 Å². The molecule has 0 spiro atoms. The Balaban J connectivity index is 1.58. The fourth-order valence-corrected chi connectivity index (χ4v) is 2.86. The van der Waals surface area contributed by atoms with Gasteiger partial charge in [-0.25, -0.2) is 9.78 Å². The summed E-state index contributed by atoms with van der Waals surface area (Å²) in [6.45, 7) is 2.85. The zero-order valence-electron chi connectivity index (χ0n) is 14.0. The number of anilines is 1. The number of rotatable bonds is 3. The third-order valence-corrected chi connectivity index (χ3v) is 4.17. The van der Waals surface area contributed by atoms with Gasteiger partial charge in [-0.2, -0.15) is 5.26 Å². The Morgan fingerprint density at radius 1 is 1.12 bits per heavy atom.